The van der Waals surface area contributed by atoms with Crippen LogP contribution in [0.4, 0.5) is 5.69 Å². The molecular formula is C29H22N6O5S. The molecule has 0 saturated carbocycles. The number of fused-ring (bicyclic) bond motifs is 1. The Bertz CT molecular complexity index is 2000. The van der Waals surface area contributed by atoms with Crippen LogP contribution in [-0.4, -0.2) is 43.0 Å². The minimum absolute atomic E-state index is 0.141. The van der Waals surface area contributed by atoms with E-state index in [-0.39, 0.29) is 17.0 Å². The van der Waals surface area contributed by atoms with Crippen molar-refractivity contribution in [3.05, 3.63) is 110 Å². The van der Waals surface area contributed by atoms with Crippen molar-refractivity contribution in [3.8, 4) is 39.8 Å². The summed E-state index contributed by atoms with van der Waals surface area (Å²) in [6.45, 7) is 2.48. The first-order chi connectivity index (χ1) is 19.9. The van der Waals surface area contributed by atoms with Crippen LogP contribution in [0.2, 0.25) is 0 Å². The average molecular weight is 567 g/mol. The van der Waals surface area contributed by atoms with Crippen molar-refractivity contribution in [3.63, 3.8) is 0 Å². The molecule has 204 valence electrons. The summed E-state index contributed by atoms with van der Waals surface area (Å²) in [7, 11) is 1.38. The molecule has 0 fully saturated rings. The summed E-state index contributed by atoms with van der Waals surface area (Å²) in [6, 6.07) is 21.5. The maximum absolute atomic E-state index is 13.4. The highest BCUT2D eigenvalue weighted by molar-refractivity contribution is 7.15. The van der Waals surface area contributed by atoms with Crippen LogP contribution < -0.4 is 19.6 Å². The predicted molar refractivity (Wildman–Crippen MR) is 155 cm³/mol. The maximum atomic E-state index is 13.4. The number of ether oxygens (including phenoxy) is 2. The Morgan fingerprint density at radius 3 is 2.46 bits per heavy atom. The minimum atomic E-state index is -0.502. The van der Waals surface area contributed by atoms with E-state index in [1.54, 1.807) is 23.0 Å². The molecule has 0 aliphatic carbocycles. The zero-order chi connectivity index (χ0) is 28.5. The fraction of sp³-hybridized carbons (Fsp3) is 0.103. The van der Waals surface area contributed by atoms with Gasteiger partial charge in [-0.2, -0.15) is 14.6 Å². The molecule has 0 aliphatic heterocycles. The van der Waals surface area contributed by atoms with Gasteiger partial charge in [0, 0.05) is 29.0 Å². The highest BCUT2D eigenvalue weighted by Crippen LogP contribution is 2.33. The number of benzene rings is 3. The monoisotopic (exact) mass is 566 g/mol. The Kier molecular flexibility index (Phi) is 6.73. The largest absolute Gasteiger partial charge is 0.494 e. The number of nitro groups is 1. The second-order valence-electron chi connectivity index (χ2n) is 8.86. The van der Waals surface area contributed by atoms with Gasteiger partial charge in [0.25, 0.3) is 5.56 Å². The van der Waals surface area contributed by atoms with Crippen LogP contribution in [0.3, 0.4) is 0 Å². The number of methoxy groups -OCH3 is 1. The van der Waals surface area contributed by atoms with Crippen LogP contribution in [-0.2, 0) is 0 Å². The molecule has 0 bridgehead atoms. The van der Waals surface area contributed by atoms with Crippen molar-refractivity contribution >= 4 is 28.1 Å². The third-order valence-electron chi connectivity index (χ3n) is 6.30. The molecule has 0 N–H and O–H groups in total. The number of nitro benzene ring substituents is 1. The third-order valence-corrected chi connectivity index (χ3v) is 7.26. The van der Waals surface area contributed by atoms with Crippen LogP contribution in [0.15, 0.2) is 83.8 Å². The van der Waals surface area contributed by atoms with Gasteiger partial charge in [-0.25, -0.2) is 4.68 Å². The molecule has 0 spiro atoms. The lowest BCUT2D eigenvalue weighted by atomic mass is 10.1. The van der Waals surface area contributed by atoms with Gasteiger partial charge in [-0.15, -0.1) is 5.10 Å². The summed E-state index contributed by atoms with van der Waals surface area (Å²) in [6.07, 6.45) is 3.49. The number of para-hydroxylation sites is 1. The molecule has 0 unspecified atom stereocenters. The fourth-order valence-electron chi connectivity index (χ4n) is 4.37. The van der Waals surface area contributed by atoms with Crippen LogP contribution in [0.1, 0.15) is 12.5 Å². The van der Waals surface area contributed by atoms with Gasteiger partial charge in [0.2, 0.25) is 4.96 Å². The highest BCUT2D eigenvalue weighted by Gasteiger charge is 2.20. The molecule has 0 amide bonds. The second-order valence-corrected chi connectivity index (χ2v) is 9.87. The molecule has 41 heavy (non-hydrogen) atoms. The third kappa shape index (κ3) is 4.92. The summed E-state index contributed by atoms with van der Waals surface area (Å²) in [4.78, 5) is 29.6. The summed E-state index contributed by atoms with van der Waals surface area (Å²) in [5, 5.41) is 20.8. The normalized spacial score (nSPS) is 11.7. The molecule has 0 saturated heterocycles. The fourth-order valence-corrected chi connectivity index (χ4v) is 5.27. The molecular weight excluding hydrogens is 544 g/mol. The molecule has 3 heterocycles. The minimum Gasteiger partial charge on any atom is -0.494 e. The Morgan fingerprint density at radius 2 is 1.78 bits per heavy atom. The summed E-state index contributed by atoms with van der Waals surface area (Å²) < 4.78 is 14.0. The van der Waals surface area contributed by atoms with E-state index in [0.29, 0.717) is 38.7 Å². The topological polar surface area (TPSA) is 127 Å². The first-order valence-electron chi connectivity index (χ1n) is 12.6. The summed E-state index contributed by atoms with van der Waals surface area (Å²) in [5.74, 6) is 1.32. The average Bonchev–Trinajstić information content (AvgIpc) is 3.69. The molecule has 6 rings (SSSR count). The van der Waals surface area contributed by atoms with E-state index in [1.807, 2.05) is 61.5 Å². The van der Waals surface area contributed by atoms with Crippen molar-refractivity contribution in [2.75, 3.05) is 13.7 Å². The zero-order valence-corrected chi connectivity index (χ0v) is 22.7. The first-order valence-corrected chi connectivity index (χ1v) is 13.4. The van der Waals surface area contributed by atoms with Crippen LogP contribution in [0, 0.1) is 10.1 Å². The lowest BCUT2D eigenvalue weighted by molar-refractivity contribution is -0.385. The van der Waals surface area contributed by atoms with Gasteiger partial charge < -0.3 is 9.47 Å². The summed E-state index contributed by atoms with van der Waals surface area (Å²) >= 11 is 1.20. The van der Waals surface area contributed by atoms with E-state index in [0.717, 1.165) is 17.0 Å². The Labute approximate surface area is 236 Å². The zero-order valence-electron chi connectivity index (χ0n) is 21.9. The standard InChI is InChI=1S/C29H22N6O5S/c1-3-40-22-12-9-18(10-13-22)27-30-29-34(32-27)28(36)25(41-29)16-20-17-33(21-7-5-4-6-8-21)31-26(20)19-11-14-24(39-2)23(15-19)35(37)38/h4-17H,3H2,1-2H3/b25-16-. The Balaban J connectivity index is 1.46. The molecule has 0 aliphatic rings. The number of aromatic nitrogens is 5. The van der Waals surface area contributed by atoms with Gasteiger partial charge in [0.1, 0.15) is 11.4 Å². The molecule has 3 aromatic heterocycles. The summed E-state index contributed by atoms with van der Waals surface area (Å²) in [5.41, 5.74) is 2.62. The van der Waals surface area contributed by atoms with Crippen LogP contribution in [0.5, 0.6) is 11.5 Å². The Hall–Kier alpha value is -5.36. The van der Waals surface area contributed by atoms with Crippen molar-refractivity contribution in [2.45, 2.75) is 6.92 Å². The van der Waals surface area contributed by atoms with Gasteiger partial charge in [0.15, 0.2) is 11.6 Å². The number of nitrogens with zero attached hydrogens (tertiary/aromatic N) is 6. The number of hydrogen-bond donors (Lipinski definition) is 0. The van der Waals surface area contributed by atoms with Gasteiger partial charge in [-0.05, 0) is 61.5 Å². The first kappa shape index (κ1) is 25.9. The smallest absolute Gasteiger partial charge is 0.311 e. The highest BCUT2D eigenvalue weighted by atomic mass is 32.1. The van der Waals surface area contributed by atoms with Gasteiger partial charge >= 0.3 is 5.69 Å². The quantitative estimate of drug-likeness (QED) is 0.194. The lowest BCUT2D eigenvalue weighted by Crippen LogP contribution is -2.23. The Morgan fingerprint density at radius 1 is 1.02 bits per heavy atom. The van der Waals surface area contributed by atoms with E-state index in [2.05, 4.69) is 10.1 Å². The maximum Gasteiger partial charge on any atom is 0.311 e. The van der Waals surface area contributed by atoms with Crippen molar-refractivity contribution in [1.82, 2.24) is 24.4 Å². The predicted octanol–water partition coefficient (Wildman–Crippen LogP) is 4.53. The molecule has 0 atom stereocenters. The van der Waals surface area contributed by atoms with Crippen molar-refractivity contribution in [2.24, 2.45) is 0 Å². The second kappa shape index (κ2) is 10.7. The van der Waals surface area contributed by atoms with Gasteiger partial charge in [0.05, 0.1) is 28.9 Å². The molecule has 0 radical (unpaired) electrons. The molecule has 6 aromatic rings. The van der Waals surface area contributed by atoms with Crippen LogP contribution in [0.25, 0.3) is 39.4 Å². The lowest BCUT2D eigenvalue weighted by Gasteiger charge is -2.04. The SMILES string of the molecule is CCOc1ccc(-c2nc3s/c(=C\c4cn(-c5ccccc5)nc4-c4ccc(OC)c([N+](=O)[O-])c4)c(=O)n3n2)cc1. The van der Waals surface area contributed by atoms with Crippen molar-refractivity contribution < 1.29 is 14.4 Å². The number of hydrogen-bond acceptors (Lipinski definition) is 9. The molecule has 3 aromatic carbocycles. The van der Waals surface area contributed by atoms with Gasteiger partial charge in [-0.1, -0.05) is 29.5 Å². The molecule has 12 heteroatoms. The van der Waals surface area contributed by atoms with E-state index < -0.39 is 4.92 Å². The van der Waals surface area contributed by atoms with Gasteiger partial charge in [-0.3, -0.25) is 14.9 Å². The van der Waals surface area contributed by atoms with E-state index in [1.165, 1.54) is 35.1 Å². The number of rotatable bonds is 8. The molecule has 11 nitrogen and oxygen atoms in total. The van der Waals surface area contributed by atoms with E-state index in [4.69, 9.17) is 14.6 Å². The van der Waals surface area contributed by atoms with E-state index in [9.17, 15) is 14.9 Å². The van der Waals surface area contributed by atoms with Crippen molar-refractivity contribution in [1.29, 1.82) is 0 Å². The number of thiazole rings is 1. The van der Waals surface area contributed by atoms with E-state index >= 15 is 0 Å². The van der Waals surface area contributed by atoms with Crippen LogP contribution >= 0.6 is 11.3 Å².